The highest BCUT2D eigenvalue weighted by molar-refractivity contribution is 5.78. The lowest BCUT2D eigenvalue weighted by Crippen LogP contribution is -2.41. The van der Waals surface area contributed by atoms with Gasteiger partial charge in [0.1, 0.15) is 0 Å². The van der Waals surface area contributed by atoms with E-state index in [-0.39, 0.29) is 5.91 Å². The number of aliphatic carboxylic acids is 1. The highest BCUT2D eigenvalue weighted by Crippen LogP contribution is 2.03. The molecule has 0 fully saturated rings. The van der Waals surface area contributed by atoms with Gasteiger partial charge >= 0.3 is 5.97 Å². The van der Waals surface area contributed by atoms with Crippen LogP contribution in [0.4, 0.5) is 0 Å². The maximum atomic E-state index is 12.3. The van der Waals surface area contributed by atoms with Gasteiger partial charge in [-0.1, -0.05) is 33.6 Å². The number of unbranched alkanes of at least 4 members (excludes halogenated alkanes) is 2. The number of carboxylic acid groups (broad SMARTS) is 1. The predicted molar refractivity (Wildman–Crippen MR) is 80.7 cm³/mol. The van der Waals surface area contributed by atoms with Gasteiger partial charge in [-0.2, -0.15) is 0 Å². The maximum absolute atomic E-state index is 12.3. The number of amides is 1. The van der Waals surface area contributed by atoms with Gasteiger partial charge in [0, 0.05) is 19.6 Å². The van der Waals surface area contributed by atoms with Gasteiger partial charge in [0.2, 0.25) is 5.91 Å². The van der Waals surface area contributed by atoms with Crippen molar-refractivity contribution < 1.29 is 14.7 Å². The number of hydrogen-bond donors (Lipinski definition) is 1. The Morgan fingerprint density at radius 2 is 1.60 bits per heavy atom. The van der Waals surface area contributed by atoms with Crippen molar-refractivity contribution in [1.82, 2.24) is 9.80 Å². The fourth-order valence-electron chi connectivity index (χ4n) is 2.00. The molecule has 0 aromatic carbocycles. The predicted octanol–water partition coefficient (Wildman–Crippen LogP) is 2.07. The summed E-state index contributed by atoms with van der Waals surface area (Å²) in [7, 11) is 1.80. The minimum absolute atomic E-state index is 0.104. The molecular formula is C15H30N2O3. The summed E-state index contributed by atoms with van der Waals surface area (Å²) in [6.45, 7) is 8.19. The summed E-state index contributed by atoms with van der Waals surface area (Å²) in [5.41, 5.74) is 0. The van der Waals surface area contributed by atoms with E-state index in [0.717, 1.165) is 38.8 Å². The van der Waals surface area contributed by atoms with Gasteiger partial charge in [-0.25, -0.2) is 0 Å². The monoisotopic (exact) mass is 286 g/mol. The van der Waals surface area contributed by atoms with Crippen molar-refractivity contribution in [1.29, 1.82) is 0 Å². The molecule has 1 atom stereocenters. The van der Waals surface area contributed by atoms with Crippen LogP contribution >= 0.6 is 0 Å². The summed E-state index contributed by atoms with van der Waals surface area (Å²) in [6.07, 6.45) is 4.18. The van der Waals surface area contributed by atoms with Crippen LogP contribution in [0.5, 0.6) is 0 Å². The summed E-state index contributed by atoms with van der Waals surface area (Å²) < 4.78 is 0. The van der Waals surface area contributed by atoms with Crippen LogP contribution in [0, 0.1) is 5.92 Å². The highest BCUT2D eigenvalue weighted by atomic mass is 16.4. The molecule has 1 amide bonds. The molecule has 0 bridgehead atoms. The van der Waals surface area contributed by atoms with Crippen molar-refractivity contribution in [3.8, 4) is 0 Å². The Bertz CT molecular complexity index is 287. The zero-order valence-corrected chi connectivity index (χ0v) is 13.4. The first kappa shape index (κ1) is 18.9. The standard InChI is InChI=1S/C15H30N2O3/c1-5-7-9-17(10-8-6-2)14(18)12-16(4)11-13(3)15(19)20/h13H,5-12H2,1-4H3,(H,19,20). The van der Waals surface area contributed by atoms with Gasteiger partial charge in [0.05, 0.1) is 12.5 Å². The van der Waals surface area contributed by atoms with E-state index in [1.807, 2.05) is 4.90 Å². The molecule has 0 aliphatic carbocycles. The van der Waals surface area contributed by atoms with E-state index in [9.17, 15) is 9.59 Å². The first-order valence-electron chi connectivity index (χ1n) is 7.61. The Hall–Kier alpha value is -1.10. The molecule has 0 spiro atoms. The van der Waals surface area contributed by atoms with E-state index < -0.39 is 11.9 Å². The second-order valence-electron chi connectivity index (χ2n) is 5.52. The first-order chi connectivity index (χ1) is 9.42. The van der Waals surface area contributed by atoms with Crippen molar-refractivity contribution in [3.05, 3.63) is 0 Å². The van der Waals surface area contributed by atoms with E-state index in [1.54, 1.807) is 18.9 Å². The molecule has 0 radical (unpaired) electrons. The Balaban J connectivity index is 4.30. The third-order valence-electron chi connectivity index (χ3n) is 3.33. The number of rotatable bonds is 11. The van der Waals surface area contributed by atoms with Crippen molar-refractivity contribution in [2.45, 2.75) is 46.5 Å². The molecule has 0 heterocycles. The maximum Gasteiger partial charge on any atom is 0.307 e. The second-order valence-corrected chi connectivity index (χ2v) is 5.52. The van der Waals surface area contributed by atoms with Crippen LogP contribution < -0.4 is 0 Å². The van der Waals surface area contributed by atoms with E-state index in [0.29, 0.717) is 13.1 Å². The van der Waals surface area contributed by atoms with Crippen LogP contribution in [0.25, 0.3) is 0 Å². The van der Waals surface area contributed by atoms with E-state index in [2.05, 4.69) is 13.8 Å². The summed E-state index contributed by atoms with van der Waals surface area (Å²) >= 11 is 0. The van der Waals surface area contributed by atoms with Crippen molar-refractivity contribution in [2.24, 2.45) is 5.92 Å². The SMILES string of the molecule is CCCCN(CCCC)C(=O)CN(C)CC(C)C(=O)O. The molecule has 5 nitrogen and oxygen atoms in total. The van der Waals surface area contributed by atoms with Gasteiger partial charge in [0.15, 0.2) is 0 Å². The quantitative estimate of drug-likeness (QED) is 0.631. The number of hydrogen-bond acceptors (Lipinski definition) is 3. The molecule has 5 heteroatoms. The lowest BCUT2D eigenvalue weighted by Gasteiger charge is -2.26. The molecule has 0 aromatic rings. The summed E-state index contributed by atoms with van der Waals surface area (Å²) in [4.78, 5) is 26.8. The second kappa shape index (κ2) is 10.7. The molecule has 1 unspecified atom stereocenters. The number of likely N-dealkylation sites (N-methyl/N-ethyl adjacent to an activating group) is 1. The molecular weight excluding hydrogens is 256 g/mol. The van der Waals surface area contributed by atoms with Gasteiger partial charge in [-0.3, -0.25) is 14.5 Å². The normalized spacial score (nSPS) is 12.4. The molecule has 20 heavy (non-hydrogen) atoms. The zero-order chi connectivity index (χ0) is 15.5. The third-order valence-corrected chi connectivity index (χ3v) is 3.33. The van der Waals surface area contributed by atoms with Crippen molar-refractivity contribution >= 4 is 11.9 Å². The minimum Gasteiger partial charge on any atom is -0.481 e. The highest BCUT2D eigenvalue weighted by Gasteiger charge is 2.18. The lowest BCUT2D eigenvalue weighted by molar-refractivity contribution is -0.142. The average Bonchev–Trinajstić information content (AvgIpc) is 2.38. The molecule has 1 N–H and O–H groups in total. The van der Waals surface area contributed by atoms with Gasteiger partial charge in [0.25, 0.3) is 0 Å². The molecule has 0 aliphatic heterocycles. The average molecular weight is 286 g/mol. The molecule has 0 aliphatic rings. The van der Waals surface area contributed by atoms with Gasteiger partial charge in [-0.15, -0.1) is 0 Å². The molecule has 0 rings (SSSR count). The van der Waals surface area contributed by atoms with Crippen LogP contribution in [-0.4, -0.2) is 60.0 Å². The zero-order valence-electron chi connectivity index (χ0n) is 13.4. The van der Waals surface area contributed by atoms with Crippen molar-refractivity contribution in [2.75, 3.05) is 33.2 Å². The van der Waals surface area contributed by atoms with Gasteiger partial charge in [-0.05, 0) is 19.9 Å². The first-order valence-corrected chi connectivity index (χ1v) is 7.61. The number of carbonyl (C=O) groups excluding carboxylic acids is 1. The van der Waals surface area contributed by atoms with Crippen LogP contribution in [0.1, 0.15) is 46.5 Å². The fraction of sp³-hybridized carbons (Fsp3) is 0.867. The number of nitrogens with zero attached hydrogens (tertiary/aromatic N) is 2. The summed E-state index contributed by atoms with van der Waals surface area (Å²) in [6, 6.07) is 0. The van der Waals surface area contributed by atoms with Crippen molar-refractivity contribution in [3.63, 3.8) is 0 Å². The van der Waals surface area contributed by atoms with Crippen LogP contribution in [0.15, 0.2) is 0 Å². The molecule has 0 aromatic heterocycles. The molecule has 0 saturated heterocycles. The number of carbonyl (C=O) groups is 2. The Kier molecular flexibility index (Phi) is 10.1. The van der Waals surface area contributed by atoms with Crippen LogP contribution in [0.3, 0.4) is 0 Å². The van der Waals surface area contributed by atoms with E-state index in [4.69, 9.17) is 5.11 Å². The summed E-state index contributed by atoms with van der Waals surface area (Å²) in [5, 5.41) is 8.88. The third kappa shape index (κ3) is 8.15. The van der Waals surface area contributed by atoms with Crippen LogP contribution in [-0.2, 0) is 9.59 Å². The Morgan fingerprint density at radius 3 is 2.00 bits per heavy atom. The number of carboxylic acids is 1. The largest absolute Gasteiger partial charge is 0.481 e. The Labute approximate surface area is 122 Å². The fourth-order valence-corrected chi connectivity index (χ4v) is 2.00. The Morgan fingerprint density at radius 1 is 1.10 bits per heavy atom. The minimum atomic E-state index is -0.821. The molecule has 118 valence electrons. The van der Waals surface area contributed by atoms with Crippen LogP contribution in [0.2, 0.25) is 0 Å². The van der Waals surface area contributed by atoms with E-state index >= 15 is 0 Å². The molecule has 0 saturated carbocycles. The summed E-state index contributed by atoms with van der Waals surface area (Å²) in [5.74, 6) is -1.17. The topological polar surface area (TPSA) is 60.9 Å². The van der Waals surface area contributed by atoms with E-state index in [1.165, 1.54) is 0 Å². The lowest BCUT2D eigenvalue weighted by atomic mass is 10.2. The van der Waals surface area contributed by atoms with Gasteiger partial charge < -0.3 is 10.0 Å². The smallest absolute Gasteiger partial charge is 0.307 e.